The first-order chi connectivity index (χ1) is 14.7. The highest BCUT2D eigenvalue weighted by Gasteiger charge is 2.37. The highest BCUT2D eigenvalue weighted by atomic mass is 16.3. The van der Waals surface area contributed by atoms with E-state index in [-0.39, 0.29) is 5.75 Å². The van der Waals surface area contributed by atoms with Crippen molar-refractivity contribution in [2.45, 2.75) is 24.9 Å². The zero-order chi connectivity index (χ0) is 20.2. The number of H-pyrrole nitrogens is 1. The Morgan fingerprint density at radius 1 is 1.07 bits per heavy atom. The number of aromatic nitrogens is 5. The molecular formula is C21H24N8O. The number of benzene rings is 1. The summed E-state index contributed by atoms with van der Waals surface area (Å²) in [4.78, 5) is 14.7. The predicted molar refractivity (Wildman–Crippen MR) is 115 cm³/mol. The lowest BCUT2D eigenvalue weighted by Crippen LogP contribution is -2.53. The lowest BCUT2D eigenvalue weighted by molar-refractivity contribution is 0.0691. The van der Waals surface area contributed by atoms with Crippen LogP contribution in [0.2, 0.25) is 0 Å². The summed E-state index contributed by atoms with van der Waals surface area (Å²) in [6, 6.07) is 8.16. The molecule has 1 aliphatic heterocycles. The molecule has 4 aromatic rings. The van der Waals surface area contributed by atoms with Crippen LogP contribution in [0.15, 0.2) is 30.6 Å². The van der Waals surface area contributed by atoms with Gasteiger partial charge in [-0.2, -0.15) is 5.10 Å². The molecule has 2 aliphatic rings. The fraction of sp³-hybridized carbons (Fsp3) is 0.381. The number of phenolic OH excluding ortho intramolecular Hbond substituents is 1. The number of fused-ring (bicyclic) bond motifs is 2. The van der Waals surface area contributed by atoms with Crippen LogP contribution in [0.25, 0.3) is 33.3 Å². The Kier molecular flexibility index (Phi) is 3.93. The molecule has 0 spiro atoms. The third-order valence-corrected chi connectivity index (χ3v) is 6.48. The number of anilines is 1. The highest BCUT2D eigenvalue weighted by Crippen LogP contribution is 2.40. The van der Waals surface area contributed by atoms with E-state index in [1.807, 2.05) is 16.8 Å². The van der Waals surface area contributed by atoms with Gasteiger partial charge in [-0.3, -0.25) is 4.90 Å². The van der Waals surface area contributed by atoms with Gasteiger partial charge in [0.2, 0.25) is 0 Å². The third kappa shape index (κ3) is 2.73. The Labute approximate surface area is 172 Å². The van der Waals surface area contributed by atoms with Gasteiger partial charge >= 0.3 is 0 Å². The Balaban J connectivity index is 1.39. The number of rotatable bonds is 3. The van der Waals surface area contributed by atoms with Crippen molar-refractivity contribution >= 4 is 27.8 Å². The molecule has 5 N–H and O–H groups in total. The van der Waals surface area contributed by atoms with E-state index < -0.39 is 0 Å². The molecule has 30 heavy (non-hydrogen) atoms. The molecule has 9 heteroatoms. The number of hydrogen-bond acceptors (Lipinski definition) is 7. The van der Waals surface area contributed by atoms with Gasteiger partial charge in [0.25, 0.3) is 0 Å². The van der Waals surface area contributed by atoms with E-state index in [2.05, 4.69) is 25.2 Å². The molecule has 1 aliphatic carbocycles. The Morgan fingerprint density at radius 2 is 1.90 bits per heavy atom. The van der Waals surface area contributed by atoms with Crippen molar-refractivity contribution in [1.82, 2.24) is 34.9 Å². The van der Waals surface area contributed by atoms with E-state index in [1.54, 1.807) is 12.1 Å². The second-order valence-corrected chi connectivity index (χ2v) is 8.27. The van der Waals surface area contributed by atoms with Crippen LogP contribution in [0.3, 0.4) is 0 Å². The molecule has 0 atom stereocenters. The predicted octanol–water partition coefficient (Wildman–Crippen LogP) is 1.87. The summed E-state index contributed by atoms with van der Waals surface area (Å²) < 4.78 is 2.03. The minimum atomic E-state index is 0.236. The molecule has 9 nitrogen and oxygen atoms in total. The van der Waals surface area contributed by atoms with Gasteiger partial charge < -0.3 is 21.1 Å². The fourth-order valence-electron chi connectivity index (χ4n) is 4.79. The van der Waals surface area contributed by atoms with E-state index in [4.69, 9.17) is 10.8 Å². The minimum Gasteiger partial charge on any atom is -0.508 e. The molecular weight excluding hydrogens is 380 g/mol. The summed E-state index contributed by atoms with van der Waals surface area (Å²) in [5, 5.41) is 19.9. The molecule has 0 radical (unpaired) electrons. The summed E-state index contributed by atoms with van der Waals surface area (Å²) >= 11 is 0. The monoisotopic (exact) mass is 404 g/mol. The molecule has 4 heterocycles. The largest absolute Gasteiger partial charge is 0.508 e. The minimum absolute atomic E-state index is 0.236. The van der Waals surface area contributed by atoms with E-state index in [0.29, 0.717) is 17.9 Å². The second kappa shape index (κ2) is 6.68. The number of aromatic hydroxyl groups is 1. The normalized spacial score (nSPS) is 22.5. The number of nitrogens with one attached hydrogen (secondary N) is 2. The van der Waals surface area contributed by atoms with Gasteiger partial charge in [-0.05, 0) is 37.1 Å². The van der Waals surface area contributed by atoms with Gasteiger partial charge in [0, 0.05) is 43.1 Å². The van der Waals surface area contributed by atoms with E-state index in [1.165, 1.54) is 6.33 Å². The molecule has 1 saturated heterocycles. The van der Waals surface area contributed by atoms with E-state index in [9.17, 15) is 5.11 Å². The molecule has 0 bridgehead atoms. The Hall–Kier alpha value is -3.17. The lowest BCUT2D eigenvalue weighted by Gasteiger charge is -2.44. The quantitative estimate of drug-likeness (QED) is 0.411. The molecule has 1 saturated carbocycles. The molecule has 154 valence electrons. The van der Waals surface area contributed by atoms with Gasteiger partial charge in [-0.1, -0.05) is 0 Å². The number of nitrogens with two attached hydrogens (primary N) is 1. The van der Waals surface area contributed by atoms with Gasteiger partial charge in [0.05, 0.1) is 17.1 Å². The average molecular weight is 404 g/mol. The van der Waals surface area contributed by atoms with Gasteiger partial charge in [-0.15, -0.1) is 0 Å². The van der Waals surface area contributed by atoms with Crippen molar-refractivity contribution < 1.29 is 5.11 Å². The van der Waals surface area contributed by atoms with Crippen LogP contribution >= 0.6 is 0 Å². The zero-order valence-electron chi connectivity index (χ0n) is 16.5. The molecule has 1 aromatic carbocycles. The first-order valence-corrected chi connectivity index (χ1v) is 10.4. The first kappa shape index (κ1) is 17.7. The molecule has 0 amide bonds. The fourth-order valence-corrected chi connectivity index (χ4v) is 4.79. The van der Waals surface area contributed by atoms with Crippen molar-refractivity contribution in [2.75, 3.05) is 31.9 Å². The summed E-state index contributed by atoms with van der Waals surface area (Å²) in [6.45, 7) is 4.35. The second-order valence-electron chi connectivity index (χ2n) is 8.27. The van der Waals surface area contributed by atoms with Crippen molar-refractivity contribution in [2.24, 2.45) is 0 Å². The van der Waals surface area contributed by atoms with Gasteiger partial charge in [0.1, 0.15) is 23.6 Å². The third-order valence-electron chi connectivity index (χ3n) is 6.48. The maximum Gasteiger partial charge on any atom is 0.164 e. The zero-order valence-corrected chi connectivity index (χ0v) is 16.5. The van der Waals surface area contributed by atoms with Crippen molar-refractivity contribution in [3.05, 3.63) is 30.6 Å². The summed E-state index contributed by atoms with van der Waals surface area (Å²) in [5.74, 6) is 0.667. The Bertz CT molecular complexity index is 1230. The smallest absolute Gasteiger partial charge is 0.164 e. The van der Waals surface area contributed by atoms with Crippen LogP contribution in [0.1, 0.15) is 18.9 Å². The lowest BCUT2D eigenvalue weighted by atomic mass is 9.85. The van der Waals surface area contributed by atoms with E-state index >= 15 is 0 Å². The molecule has 6 rings (SSSR count). The molecule has 3 aromatic heterocycles. The average Bonchev–Trinajstić information content (AvgIpc) is 3.30. The van der Waals surface area contributed by atoms with Crippen LogP contribution in [-0.4, -0.2) is 67.0 Å². The van der Waals surface area contributed by atoms with E-state index in [0.717, 1.165) is 72.3 Å². The molecule has 0 unspecified atom stereocenters. The number of nitrogen functional groups attached to an aromatic ring is 1. The van der Waals surface area contributed by atoms with Crippen LogP contribution < -0.4 is 11.1 Å². The SMILES string of the molecule is Nc1ncnc2c1c(-c1cc3cc(O)ccc3[nH]1)nn2C1CC(N2CCNCC2)C1. The number of piperazine rings is 1. The highest BCUT2D eigenvalue weighted by molar-refractivity contribution is 6.00. The van der Waals surface area contributed by atoms with Crippen molar-refractivity contribution in [3.63, 3.8) is 0 Å². The van der Waals surface area contributed by atoms with Crippen LogP contribution in [0.4, 0.5) is 5.82 Å². The summed E-state index contributed by atoms with van der Waals surface area (Å²) in [5.41, 5.74) is 9.57. The number of aromatic amines is 1. The molecule has 2 fully saturated rings. The topological polar surface area (TPSA) is 121 Å². The number of nitrogens with zero attached hydrogens (tertiary/aromatic N) is 5. The number of phenols is 1. The van der Waals surface area contributed by atoms with Gasteiger partial charge in [-0.25, -0.2) is 14.6 Å². The van der Waals surface area contributed by atoms with Gasteiger partial charge in [0.15, 0.2) is 5.65 Å². The summed E-state index contributed by atoms with van der Waals surface area (Å²) in [7, 11) is 0. The number of hydrogen-bond donors (Lipinski definition) is 4. The Morgan fingerprint density at radius 3 is 2.73 bits per heavy atom. The van der Waals surface area contributed by atoms with Crippen LogP contribution in [0, 0.1) is 0 Å². The van der Waals surface area contributed by atoms with Crippen LogP contribution in [0.5, 0.6) is 5.75 Å². The van der Waals surface area contributed by atoms with Crippen LogP contribution in [-0.2, 0) is 0 Å². The first-order valence-electron chi connectivity index (χ1n) is 10.4. The standard InChI is InChI=1S/C21H24N8O/c22-20-18-19(17-8-12-7-15(30)1-2-16(12)26-17)27-29(21(18)25-11-24-20)14-9-13(10-14)28-5-3-23-4-6-28/h1-2,7-8,11,13-14,23,26,30H,3-6,9-10H2,(H2,22,24,25). The summed E-state index contributed by atoms with van der Waals surface area (Å²) in [6.07, 6.45) is 3.65. The maximum absolute atomic E-state index is 9.79. The van der Waals surface area contributed by atoms with Crippen molar-refractivity contribution in [1.29, 1.82) is 0 Å². The van der Waals surface area contributed by atoms with Crippen molar-refractivity contribution in [3.8, 4) is 17.1 Å². The maximum atomic E-state index is 9.79.